The second-order valence-electron chi connectivity index (χ2n) is 9.44. The summed E-state index contributed by atoms with van der Waals surface area (Å²) < 4.78 is 21.7. The highest BCUT2D eigenvalue weighted by Crippen LogP contribution is 2.30. The molecule has 0 aliphatic heterocycles. The van der Waals surface area contributed by atoms with Crippen LogP contribution in [0.3, 0.4) is 0 Å². The van der Waals surface area contributed by atoms with Crippen LogP contribution in [0.5, 0.6) is 17.2 Å². The van der Waals surface area contributed by atoms with Gasteiger partial charge in [-0.15, -0.1) is 0 Å². The predicted octanol–water partition coefficient (Wildman–Crippen LogP) is 5.18. The Balaban J connectivity index is 1.69. The van der Waals surface area contributed by atoms with Crippen molar-refractivity contribution in [1.29, 1.82) is 0 Å². The Morgan fingerprint density at radius 2 is 1.74 bits per heavy atom. The third-order valence-corrected chi connectivity index (χ3v) is 7.00. The van der Waals surface area contributed by atoms with Gasteiger partial charge in [0.25, 0.3) is 5.91 Å². The molecule has 1 unspecified atom stereocenters. The van der Waals surface area contributed by atoms with E-state index in [0.29, 0.717) is 29.2 Å². The van der Waals surface area contributed by atoms with Crippen LogP contribution in [-0.2, 0) is 11.2 Å². The van der Waals surface area contributed by atoms with E-state index in [1.165, 1.54) is 12.7 Å². The van der Waals surface area contributed by atoms with Gasteiger partial charge in [0.05, 0.1) is 27.6 Å². The molecule has 1 fully saturated rings. The number of carbonyl (C=O) groups excluding carboxylic acids is 2. The lowest BCUT2D eigenvalue weighted by Crippen LogP contribution is -2.47. The first-order valence-electron chi connectivity index (χ1n) is 13.0. The van der Waals surface area contributed by atoms with E-state index in [4.69, 9.17) is 18.6 Å². The molecule has 1 aliphatic rings. The summed E-state index contributed by atoms with van der Waals surface area (Å²) >= 11 is 0. The number of rotatable bonds is 11. The van der Waals surface area contributed by atoms with Crippen molar-refractivity contribution in [3.05, 3.63) is 77.7 Å². The fraction of sp³-hybridized carbons (Fsp3) is 0.400. The van der Waals surface area contributed by atoms with E-state index < -0.39 is 6.04 Å². The zero-order chi connectivity index (χ0) is 26.9. The van der Waals surface area contributed by atoms with E-state index in [1.54, 1.807) is 38.4 Å². The van der Waals surface area contributed by atoms with Crippen molar-refractivity contribution in [2.45, 2.75) is 50.6 Å². The summed E-state index contributed by atoms with van der Waals surface area (Å²) in [5, 5.41) is 3.23. The molecule has 1 aliphatic carbocycles. The first kappa shape index (κ1) is 27.1. The molecule has 1 N–H and O–H groups in total. The van der Waals surface area contributed by atoms with Gasteiger partial charge in [-0.1, -0.05) is 37.5 Å². The van der Waals surface area contributed by atoms with Gasteiger partial charge in [-0.2, -0.15) is 0 Å². The predicted molar refractivity (Wildman–Crippen MR) is 144 cm³/mol. The highest BCUT2D eigenvalue weighted by atomic mass is 16.5. The Kier molecular flexibility index (Phi) is 9.30. The van der Waals surface area contributed by atoms with Gasteiger partial charge >= 0.3 is 0 Å². The summed E-state index contributed by atoms with van der Waals surface area (Å²) in [5.74, 6) is 1.45. The average Bonchev–Trinajstić information content (AvgIpc) is 3.50. The number of benzene rings is 2. The molecular formula is C30H36N2O6. The van der Waals surface area contributed by atoms with Gasteiger partial charge in [-0.3, -0.25) is 9.59 Å². The fourth-order valence-corrected chi connectivity index (χ4v) is 4.99. The fourth-order valence-electron chi connectivity index (χ4n) is 4.99. The molecule has 202 valence electrons. The molecular weight excluding hydrogens is 484 g/mol. The maximum absolute atomic E-state index is 13.9. The number of hydrogen-bond acceptors (Lipinski definition) is 6. The van der Waals surface area contributed by atoms with Crippen LogP contribution in [0, 0.1) is 0 Å². The average molecular weight is 521 g/mol. The monoisotopic (exact) mass is 520 g/mol. The van der Waals surface area contributed by atoms with Gasteiger partial charge in [0.1, 0.15) is 11.8 Å². The highest BCUT2D eigenvalue weighted by molar-refractivity contribution is 5.96. The standard InChI is InChI=1S/C30H36N2O6/c1-35-24-12-7-9-22(20-24)28(29(33)31-23-10-5-4-6-11-23)32(30(34)26-13-8-18-38-26)17-16-21-14-15-25(36-2)27(19-21)37-3/h7-9,12-15,18-20,23,28H,4-6,10-11,16-17H2,1-3H3,(H,31,33). The van der Waals surface area contributed by atoms with E-state index in [1.807, 2.05) is 42.5 Å². The van der Waals surface area contributed by atoms with Crippen LogP contribution in [0.1, 0.15) is 59.8 Å². The molecule has 0 saturated heterocycles. The minimum atomic E-state index is -0.871. The number of hydrogen-bond donors (Lipinski definition) is 1. The van der Waals surface area contributed by atoms with E-state index in [9.17, 15) is 9.59 Å². The third-order valence-electron chi connectivity index (χ3n) is 7.00. The molecule has 0 bridgehead atoms. The quantitative estimate of drug-likeness (QED) is 0.375. The lowest BCUT2D eigenvalue weighted by molar-refractivity contribution is -0.126. The molecule has 3 aromatic rings. The molecule has 2 aromatic carbocycles. The van der Waals surface area contributed by atoms with Gasteiger partial charge in [0.15, 0.2) is 17.3 Å². The number of methoxy groups -OCH3 is 3. The van der Waals surface area contributed by atoms with E-state index in [2.05, 4.69) is 5.32 Å². The van der Waals surface area contributed by atoms with E-state index in [0.717, 1.165) is 31.2 Å². The molecule has 1 aromatic heterocycles. The minimum absolute atomic E-state index is 0.0933. The normalized spacial score (nSPS) is 14.4. The number of furan rings is 1. The Bertz CT molecular complexity index is 1200. The Morgan fingerprint density at radius 1 is 0.947 bits per heavy atom. The SMILES string of the molecule is COc1cccc(C(C(=O)NC2CCCCC2)N(CCc2ccc(OC)c(OC)c2)C(=O)c2ccco2)c1. The zero-order valence-corrected chi connectivity index (χ0v) is 22.3. The van der Waals surface area contributed by atoms with Crippen LogP contribution in [0.25, 0.3) is 0 Å². The first-order chi connectivity index (χ1) is 18.5. The highest BCUT2D eigenvalue weighted by Gasteiger charge is 2.34. The molecule has 1 saturated carbocycles. The van der Waals surface area contributed by atoms with Crippen molar-refractivity contribution in [3.8, 4) is 17.2 Å². The molecule has 1 heterocycles. The summed E-state index contributed by atoms with van der Waals surface area (Å²) in [4.78, 5) is 29.3. The molecule has 1 atom stereocenters. The van der Waals surface area contributed by atoms with Gasteiger partial charge in [-0.05, 0) is 66.8 Å². The second kappa shape index (κ2) is 13.0. The van der Waals surface area contributed by atoms with Gasteiger partial charge in [-0.25, -0.2) is 0 Å². The van der Waals surface area contributed by atoms with Crippen molar-refractivity contribution in [2.24, 2.45) is 0 Å². The zero-order valence-electron chi connectivity index (χ0n) is 22.3. The molecule has 0 spiro atoms. The van der Waals surface area contributed by atoms with Gasteiger partial charge in [0, 0.05) is 12.6 Å². The summed E-state index contributed by atoms with van der Waals surface area (Å²) in [7, 11) is 4.76. The van der Waals surface area contributed by atoms with Crippen LogP contribution in [0.4, 0.5) is 0 Å². The number of carbonyl (C=O) groups is 2. The molecule has 4 rings (SSSR count). The van der Waals surface area contributed by atoms with Crippen molar-refractivity contribution in [2.75, 3.05) is 27.9 Å². The van der Waals surface area contributed by atoms with Crippen LogP contribution in [0.15, 0.2) is 65.3 Å². The van der Waals surface area contributed by atoms with Crippen molar-refractivity contribution in [3.63, 3.8) is 0 Å². The third kappa shape index (κ3) is 6.49. The first-order valence-corrected chi connectivity index (χ1v) is 13.0. The number of amides is 2. The molecule has 0 radical (unpaired) electrons. The second-order valence-corrected chi connectivity index (χ2v) is 9.44. The van der Waals surface area contributed by atoms with Gasteiger partial charge < -0.3 is 28.8 Å². The molecule has 2 amide bonds. The smallest absolute Gasteiger partial charge is 0.290 e. The van der Waals surface area contributed by atoms with Crippen LogP contribution in [0.2, 0.25) is 0 Å². The van der Waals surface area contributed by atoms with E-state index >= 15 is 0 Å². The minimum Gasteiger partial charge on any atom is -0.497 e. The maximum atomic E-state index is 13.9. The largest absolute Gasteiger partial charge is 0.497 e. The molecule has 8 nitrogen and oxygen atoms in total. The summed E-state index contributed by atoms with van der Waals surface area (Å²) in [6.45, 7) is 0.273. The van der Waals surface area contributed by atoms with Crippen molar-refractivity contribution >= 4 is 11.8 Å². The summed E-state index contributed by atoms with van der Waals surface area (Å²) in [5.41, 5.74) is 1.61. The van der Waals surface area contributed by atoms with E-state index in [-0.39, 0.29) is 30.2 Å². The molecule has 38 heavy (non-hydrogen) atoms. The van der Waals surface area contributed by atoms with Crippen molar-refractivity contribution in [1.82, 2.24) is 10.2 Å². The topological polar surface area (TPSA) is 90.2 Å². The maximum Gasteiger partial charge on any atom is 0.290 e. The Hall–Kier alpha value is -3.94. The Morgan fingerprint density at radius 3 is 2.42 bits per heavy atom. The number of ether oxygens (including phenoxy) is 3. The summed E-state index contributed by atoms with van der Waals surface area (Å²) in [6.07, 6.45) is 7.18. The van der Waals surface area contributed by atoms with Crippen LogP contribution >= 0.6 is 0 Å². The van der Waals surface area contributed by atoms with Crippen LogP contribution < -0.4 is 19.5 Å². The van der Waals surface area contributed by atoms with Crippen molar-refractivity contribution < 1.29 is 28.2 Å². The lowest BCUT2D eigenvalue weighted by atomic mass is 9.94. The molecule has 8 heteroatoms. The number of nitrogens with zero attached hydrogens (tertiary/aromatic N) is 1. The lowest BCUT2D eigenvalue weighted by Gasteiger charge is -2.33. The van der Waals surface area contributed by atoms with Crippen LogP contribution in [-0.4, -0.2) is 50.6 Å². The Labute approximate surface area is 223 Å². The number of nitrogens with one attached hydrogen (secondary N) is 1. The summed E-state index contributed by atoms with van der Waals surface area (Å²) in [6, 6.07) is 15.5. The van der Waals surface area contributed by atoms with Gasteiger partial charge in [0.2, 0.25) is 5.91 Å².